The number of carbonyl (C=O) groups excluding carboxylic acids is 1. The van der Waals surface area contributed by atoms with E-state index in [9.17, 15) is 9.59 Å². The Hall–Kier alpha value is -2.08. The zero-order valence-electron chi connectivity index (χ0n) is 11.9. The highest BCUT2D eigenvalue weighted by Crippen LogP contribution is 2.13. The number of hydrogen-bond donors (Lipinski definition) is 2. The predicted molar refractivity (Wildman–Crippen MR) is 76.2 cm³/mol. The van der Waals surface area contributed by atoms with Gasteiger partial charge in [0, 0.05) is 45.5 Å². The van der Waals surface area contributed by atoms with Gasteiger partial charge in [-0.3, -0.25) is 4.79 Å². The molecule has 0 aliphatic heterocycles. The number of carboxylic acids is 1. The van der Waals surface area contributed by atoms with Gasteiger partial charge in [0.15, 0.2) is 0 Å². The van der Waals surface area contributed by atoms with E-state index in [-0.39, 0.29) is 13.0 Å². The molecule has 1 aromatic carbocycles. The summed E-state index contributed by atoms with van der Waals surface area (Å²) in [5.74, 6) is -1.48. The highest BCUT2D eigenvalue weighted by Gasteiger charge is 2.20. The Morgan fingerprint density at radius 3 is 2.65 bits per heavy atom. The zero-order valence-corrected chi connectivity index (χ0v) is 11.9. The molecule has 1 unspecified atom stereocenters. The number of methoxy groups -OCH3 is 1. The summed E-state index contributed by atoms with van der Waals surface area (Å²) in [4.78, 5) is 25.0. The first-order chi connectivity index (χ1) is 9.45. The molecular formula is C14H20N2O4. The lowest BCUT2D eigenvalue weighted by atomic mass is 10.1. The van der Waals surface area contributed by atoms with Crippen LogP contribution in [0.15, 0.2) is 24.3 Å². The largest absolute Gasteiger partial charge is 0.480 e. The van der Waals surface area contributed by atoms with Gasteiger partial charge in [0.25, 0.3) is 5.91 Å². The molecule has 0 radical (unpaired) electrons. The first kappa shape index (κ1) is 16.0. The van der Waals surface area contributed by atoms with Crippen molar-refractivity contribution in [3.63, 3.8) is 0 Å². The highest BCUT2D eigenvalue weighted by atomic mass is 16.5. The van der Waals surface area contributed by atoms with E-state index in [2.05, 4.69) is 5.32 Å². The standard InChI is InChI=1S/C14H20N2O4/c1-16(2)11-6-4-5-10(9-11)13(17)15-12(14(18)19)7-8-20-3/h4-6,9,12H,7-8H2,1-3H3,(H,15,17)(H,18,19). The van der Waals surface area contributed by atoms with Crippen LogP contribution >= 0.6 is 0 Å². The minimum atomic E-state index is -1.07. The van der Waals surface area contributed by atoms with Crippen LogP contribution < -0.4 is 10.2 Å². The summed E-state index contributed by atoms with van der Waals surface area (Å²) in [6, 6.07) is 6.04. The van der Waals surface area contributed by atoms with Gasteiger partial charge < -0.3 is 20.1 Å². The molecule has 20 heavy (non-hydrogen) atoms. The Morgan fingerprint density at radius 2 is 2.10 bits per heavy atom. The first-order valence-corrected chi connectivity index (χ1v) is 6.25. The van der Waals surface area contributed by atoms with Crippen LogP contribution in [0.5, 0.6) is 0 Å². The summed E-state index contributed by atoms with van der Waals surface area (Å²) in [6.45, 7) is 0.273. The SMILES string of the molecule is COCCC(NC(=O)c1cccc(N(C)C)c1)C(=O)O. The molecule has 0 fully saturated rings. The number of hydrogen-bond acceptors (Lipinski definition) is 4. The summed E-state index contributed by atoms with van der Waals surface area (Å²) in [5, 5.41) is 11.6. The van der Waals surface area contributed by atoms with E-state index in [1.165, 1.54) is 7.11 Å². The summed E-state index contributed by atoms with van der Waals surface area (Å²) in [7, 11) is 5.23. The van der Waals surface area contributed by atoms with Crippen molar-refractivity contribution in [2.75, 3.05) is 32.7 Å². The molecule has 0 saturated heterocycles. The predicted octanol–water partition coefficient (Wildman–Crippen LogP) is 0.972. The number of carbonyl (C=O) groups is 2. The second-order valence-electron chi connectivity index (χ2n) is 4.59. The molecule has 0 heterocycles. The number of rotatable bonds is 7. The Morgan fingerprint density at radius 1 is 1.40 bits per heavy atom. The maximum Gasteiger partial charge on any atom is 0.326 e. The van der Waals surface area contributed by atoms with E-state index in [4.69, 9.17) is 9.84 Å². The lowest BCUT2D eigenvalue weighted by molar-refractivity contribution is -0.139. The number of carboxylic acid groups (broad SMARTS) is 1. The van der Waals surface area contributed by atoms with Crippen LogP contribution in [0, 0.1) is 0 Å². The molecule has 0 aliphatic rings. The first-order valence-electron chi connectivity index (χ1n) is 6.25. The number of anilines is 1. The molecule has 1 amide bonds. The highest BCUT2D eigenvalue weighted by molar-refractivity contribution is 5.97. The van der Waals surface area contributed by atoms with Gasteiger partial charge in [-0.2, -0.15) is 0 Å². The molecule has 0 bridgehead atoms. The van der Waals surface area contributed by atoms with Crippen LogP contribution in [-0.2, 0) is 9.53 Å². The van der Waals surface area contributed by atoms with Crippen LogP contribution in [0.3, 0.4) is 0 Å². The fourth-order valence-electron chi connectivity index (χ4n) is 1.66. The molecule has 2 N–H and O–H groups in total. The van der Waals surface area contributed by atoms with E-state index < -0.39 is 17.9 Å². The average molecular weight is 280 g/mol. The second kappa shape index (κ2) is 7.49. The molecule has 1 aromatic rings. The number of nitrogens with one attached hydrogen (secondary N) is 1. The number of aliphatic carboxylic acids is 1. The number of nitrogens with zero attached hydrogens (tertiary/aromatic N) is 1. The third kappa shape index (κ3) is 4.55. The van der Waals surface area contributed by atoms with Gasteiger partial charge in [0.05, 0.1) is 0 Å². The van der Waals surface area contributed by atoms with Crippen molar-refractivity contribution in [1.82, 2.24) is 5.32 Å². The third-order valence-electron chi connectivity index (χ3n) is 2.84. The van der Waals surface area contributed by atoms with Gasteiger partial charge in [-0.25, -0.2) is 4.79 Å². The van der Waals surface area contributed by atoms with Crippen molar-refractivity contribution in [3.8, 4) is 0 Å². The van der Waals surface area contributed by atoms with Gasteiger partial charge >= 0.3 is 5.97 Å². The molecule has 0 spiro atoms. The lowest BCUT2D eigenvalue weighted by Gasteiger charge is -2.16. The second-order valence-corrected chi connectivity index (χ2v) is 4.59. The van der Waals surface area contributed by atoms with Gasteiger partial charge in [-0.05, 0) is 18.2 Å². The van der Waals surface area contributed by atoms with Crippen molar-refractivity contribution in [3.05, 3.63) is 29.8 Å². The summed E-state index contributed by atoms with van der Waals surface area (Å²) >= 11 is 0. The fourth-order valence-corrected chi connectivity index (χ4v) is 1.66. The fraction of sp³-hybridized carbons (Fsp3) is 0.429. The Bertz CT molecular complexity index is 474. The van der Waals surface area contributed by atoms with E-state index in [0.29, 0.717) is 5.56 Å². The molecule has 1 atom stereocenters. The summed E-state index contributed by atoms with van der Waals surface area (Å²) < 4.78 is 4.84. The Balaban J connectivity index is 2.78. The van der Waals surface area contributed by atoms with Crippen molar-refractivity contribution < 1.29 is 19.4 Å². The smallest absolute Gasteiger partial charge is 0.326 e. The molecule has 110 valence electrons. The maximum atomic E-state index is 12.1. The normalized spacial score (nSPS) is 11.8. The van der Waals surface area contributed by atoms with Crippen molar-refractivity contribution in [2.45, 2.75) is 12.5 Å². The maximum absolute atomic E-state index is 12.1. The molecule has 6 nitrogen and oxygen atoms in total. The summed E-state index contributed by atoms with van der Waals surface area (Å²) in [6.07, 6.45) is 0.227. The van der Waals surface area contributed by atoms with Gasteiger partial charge in [-0.15, -0.1) is 0 Å². The summed E-state index contributed by atoms with van der Waals surface area (Å²) in [5.41, 5.74) is 1.31. The van der Waals surface area contributed by atoms with Gasteiger partial charge in [-0.1, -0.05) is 6.07 Å². The van der Waals surface area contributed by atoms with Crippen molar-refractivity contribution in [1.29, 1.82) is 0 Å². The molecule has 0 saturated carbocycles. The average Bonchev–Trinajstić information content (AvgIpc) is 2.42. The number of amides is 1. The van der Waals surface area contributed by atoms with E-state index in [1.54, 1.807) is 18.2 Å². The van der Waals surface area contributed by atoms with Crippen LogP contribution in [0.1, 0.15) is 16.8 Å². The molecular weight excluding hydrogens is 260 g/mol. The van der Waals surface area contributed by atoms with Gasteiger partial charge in [0.2, 0.25) is 0 Å². The molecule has 0 aliphatic carbocycles. The number of benzene rings is 1. The zero-order chi connectivity index (χ0) is 15.1. The van der Waals surface area contributed by atoms with Crippen LogP contribution in [-0.4, -0.2) is 50.8 Å². The number of ether oxygens (including phenoxy) is 1. The molecule has 1 rings (SSSR count). The van der Waals surface area contributed by atoms with E-state index in [1.807, 2.05) is 25.1 Å². The van der Waals surface area contributed by atoms with Crippen molar-refractivity contribution >= 4 is 17.6 Å². The monoisotopic (exact) mass is 280 g/mol. The van der Waals surface area contributed by atoms with Crippen LogP contribution in [0.25, 0.3) is 0 Å². The topological polar surface area (TPSA) is 78.9 Å². The quantitative estimate of drug-likeness (QED) is 0.778. The van der Waals surface area contributed by atoms with Crippen molar-refractivity contribution in [2.24, 2.45) is 0 Å². The lowest BCUT2D eigenvalue weighted by Crippen LogP contribution is -2.41. The Labute approximate surface area is 118 Å². The minimum Gasteiger partial charge on any atom is -0.480 e. The van der Waals surface area contributed by atoms with Gasteiger partial charge in [0.1, 0.15) is 6.04 Å². The molecule has 0 aromatic heterocycles. The Kier molecular flexibility index (Phi) is 5.99. The van der Waals surface area contributed by atoms with Crippen LogP contribution in [0.4, 0.5) is 5.69 Å². The van der Waals surface area contributed by atoms with E-state index >= 15 is 0 Å². The van der Waals surface area contributed by atoms with Crippen LogP contribution in [0.2, 0.25) is 0 Å². The van der Waals surface area contributed by atoms with E-state index in [0.717, 1.165) is 5.69 Å². The minimum absolute atomic E-state index is 0.227. The third-order valence-corrected chi connectivity index (χ3v) is 2.84. The molecule has 6 heteroatoms.